The van der Waals surface area contributed by atoms with Gasteiger partial charge >= 0.3 is 6.18 Å². The molecule has 0 spiro atoms. The van der Waals surface area contributed by atoms with Crippen molar-refractivity contribution in [3.63, 3.8) is 0 Å². The van der Waals surface area contributed by atoms with Gasteiger partial charge in [-0.3, -0.25) is 4.79 Å². The van der Waals surface area contributed by atoms with Crippen molar-refractivity contribution in [3.05, 3.63) is 65.2 Å². The third-order valence-electron chi connectivity index (χ3n) is 5.48. The molecule has 3 rings (SSSR count). The number of hydrogen-bond donors (Lipinski definition) is 1. The van der Waals surface area contributed by atoms with Gasteiger partial charge in [0, 0.05) is 25.6 Å². The summed E-state index contributed by atoms with van der Waals surface area (Å²) in [6, 6.07) is 11.6. The average molecular weight is 455 g/mol. The standard InChI is InChI=1S/C22H25F3N2O3S/c1-16-2-8-20(9-3-16)31(29,30)27-14-11-18(12-15-27)21(28)26-13-10-17-4-6-19(7-5-17)22(23,24)25/h2-9,18H,10-15H2,1H3,(H,26,28). The largest absolute Gasteiger partial charge is 0.416 e. The van der Waals surface area contributed by atoms with Crippen LogP contribution in [-0.2, 0) is 27.4 Å². The van der Waals surface area contributed by atoms with Crippen LogP contribution in [0.5, 0.6) is 0 Å². The molecule has 168 valence electrons. The van der Waals surface area contributed by atoms with E-state index in [0.29, 0.717) is 31.4 Å². The number of carbonyl (C=O) groups is 1. The number of rotatable bonds is 6. The minimum absolute atomic E-state index is 0.153. The zero-order valence-electron chi connectivity index (χ0n) is 17.2. The Balaban J connectivity index is 1.46. The number of hydrogen-bond acceptors (Lipinski definition) is 3. The Labute approximate surface area is 180 Å². The number of nitrogens with one attached hydrogen (secondary N) is 1. The van der Waals surface area contributed by atoms with E-state index in [1.165, 1.54) is 16.4 Å². The van der Waals surface area contributed by atoms with Crippen molar-refractivity contribution in [1.29, 1.82) is 0 Å². The Bertz CT molecular complexity index is 996. The monoisotopic (exact) mass is 454 g/mol. The van der Waals surface area contributed by atoms with E-state index >= 15 is 0 Å². The molecular formula is C22H25F3N2O3S. The molecule has 0 saturated carbocycles. The third-order valence-corrected chi connectivity index (χ3v) is 7.39. The van der Waals surface area contributed by atoms with Crippen LogP contribution in [0.2, 0.25) is 0 Å². The molecule has 2 aromatic carbocycles. The summed E-state index contributed by atoms with van der Waals surface area (Å²) in [5.74, 6) is -0.434. The fourth-order valence-electron chi connectivity index (χ4n) is 3.55. The summed E-state index contributed by atoms with van der Waals surface area (Å²) in [5, 5.41) is 2.81. The Morgan fingerprint density at radius 1 is 1.03 bits per heavy atom. The number of benzene rings is 2. The molecule has 0 atom stereocenters. The molecular weight excluding hydrogens is 429 g/mol. The van der Waals surface area contributed by atoms with Crippen LogP contribution in [0.4, 0.5) is 13.2 Å². The van der Waals surface area contributed by atoms with E-state index in [2.05, 4.69) is 5.32 Å². The highest BCUT2D eigenvalue weighted by Gasteiger charge is 2.32. The molecule has 1 aliphatic heterocycles. The Hall–Kier alpha value is -2.39. The Kier molecular flexibility index (Phi) is 7.06. The predicted octanol–water partition coefficient (Wildman–Crippen LogP) is 3.77. The summed E-state index contributed by atoms with van der Waals surface area (Å²) in [7, 11) is -3.57. The summed E-state index contributed by atoms with van der Waals surface area (Å²) in [5.41, 5.74) is 0.977. The van der Waals surface area contributed by atoms with Crippen LogP contribution in [0, 0.1) is 12.8 Å². The van der Waals surface area contributed by atoms with Gasteiger partial charge < -0.3 is 5.32 Å². The molecule has 1 saturated heterocycles. The minimum atomic E-state index is -4.37. The highest BCUT2D eigenvalue weighted by molar-refractivity contribution is 7.89. The zero-order chi connectivity index (χ0) is 22.6. The van der Waals surface area contributed by atoms with Gasteiger partial charge in [0.1, 0.15) is 0 Å². The second-order valence-electron chi connectivity index (χ2n) is 7.73. The highest BCUT2D eigenvalue weighted by atomic mass is 32.2. The van der Waals surface area contributed by atoms with E-state index in [9.17, 15) is 26.4 Å². The van der Waals surface area contributed by atoms with Crippen LogP contribution < -0.4 is 5.32 Å². The summed E-state index contributed by atoms with van der Waals surface area (Å²) < 4.78 is 64.7. The lowest BCUT2D eigenvalue weighted by molar-refractivity contribution is -0.137. The average Bonchev–Trinajstić information content (AvgIpc) is 2.74. The van der Waals surface area contributed by atoms with Crippen molar-refractivity contribution >= 4 is 15.9 Å². The van der Waals surface area contributed by atoms with Crippen LogP contribution in [0.25, 0.3) is 0 Å². The number of amides is 1. The van der Waals surface area contributed by atoms with Crippen molar-refractivity contribution in [1.82, 2.24) is 9.62 Å². The lowest BCUT2D eigenvalue weighted by Crippen LogP contribution is -2.43. The lowest BCUT2D eigenvalue weighted by atomic mass is 9.97. The van der Waals surface area contributed by atoms with Crippen LogP contribution in [-0.4, -0.2) is 38.3 Å². The molecule has 0 radical (unpaired) electrons. The fourth-order valence-corrected chi connectivity index (χ4v) is 5.02. The van der Waals surface area contributed by atoms with Crippen LogP contribution in [0.3, 0.4) is 0 Å². The van der Waals surface area contributed by atoms with Gasteiger partial charge in [-0.25, -0.2) is 8.42 Å². The van der Waals surface area contributed by atoms with Crippen LogP contribution >= 0.6 is 0 Å². The first-order chi connectivity index (χ1) is 14.6. The van der Waals surface area contributed by atoms with Gasteiger partial charge in [-0.2, -0.15) is 17.5 Å². The topological polar surface area (TPSA) is 66.5 Å². The maximum Gasteiger partial charge on any atom is 0.416 e. The molecule has 2 aromatic rings. The number of aryl methyl sites for hydroxylation is 1. The zero-order valence-corrected chi connectivity index (χ0v) is 18.0. The van der Waals surface area contributed by atoms with Gasteiger partial charge in [0.15, 0.2) is 0 Å². The molecule has 1 aliphatic rings. The fraction of sp³-hybridized carbons (Fsp3) is 0.409. The molecule has 0 aliphatic carbocycles. The van der Waals surface area contributed by atoms with Crippen molar-refractivity contribution in [2.75, 3.05) is 19.6 Å². The first-order valence-corrected chi connectivity index (χ1v) is 11.5. The van der Waals surface area contributed by atoms with Crippen molar-refractivity contribution in [3.8, 4) is 0 Å². The maximum absolute atomic E-state index is 12.7. The molecule has 0 aromatic heterocycles. The molecule has 0 bridgehead atoms. The molecule has 1 N–H and O–H groups in total. The van der Waals surface area contributed by atoms with Crippen molar-refractivity contribution in [2.45, 2.75) is 37.3 Å². The second kappa shape index (κ2) is 9.40. The van der Waals surface area contributed by atoms with E-state index in [4.69, 9.17) is 0 Å². The Morgan fingerprint density at radius 3 is 2.16 bits per heavy atom. The number of carbonyl (C=O) groups excluding carboxylic acids is 1. The Morgan fingerprint density at radius 2 is 1.61 bits per heavy atom. The maximum atomic E-state index is 12.7. The number of alkyl halides is 3. The molecule has 0 unspecified atom stereocenters. The number of sulfonamides is 1. The molecule has 9 heteroatoms. The summed E-state index contributed by atoms with van der Waals surface area (Å²) in [6.45, 7) is 2.74. The van der Waals surface area contributed by atoms with Gasteiger partial charge in [-0.1, -0.05) is 29.8 Å². The smallest absolute Gasteiger partial charge is 0.356 e. The molecule has 1 heterocycles. The normalized spacial score (nSPS) is 16.3. The molecule has 1 amide bonds. The molecule has 1 fully saturated rings. The van der Waals surface area contributed by atoms with Crippen LogP contribution in [0.1, 0.15) is 29.5 Å². The van der Waals surface area contributed by atoms with Crippen LogP contribution in [0.15, 0.2) is 53.4 Å². The van der Waals surface area contributed by atoms with E-state index < -0.39 is 21.8 Å². The van der Waals surface area contributed by atoms with E-state index in [0.717, 1.165) is 17.7 Å². The summed E-state index contributed by atoms with van der Waals surface area (Å²) in [4.78, 5) is 12.7. The number of nitrogens with zero attached hydrogens (tertiary/aromatic N) is 1. The first kappa shape index (κ1) is 23.3. The van der Waals surface area contributed by atoms with E-state index in [-0.39, 0.29) is 29.8 Å². The van der Waals surface area contributed by atoms with Gasteiger partial charge in [0.25, 0.3) is 0 Å². The SMILES string of the molecule is Cc1ccc(S(=O)(=O)N2CCC(C(=O)NCCc3ccc(C(F)(F)F)cc3)CC2)cc1. The van der Waals surface area contributed by atoms with Gasteiger partial charge in [0.2, 0.25) is 15.9 Å². The molecule has 31 heavy (non-hydrogen) atoms. The predicted molar refractivity (Wildman–Crippen MR) is 111 cm³/mol. The number of piperidine rings is 1. The second-order valence-corrected chi connectivity index (χ2v) is 9.67. The van der Waals surface area contributed by atoms with Crippen molar-refractivity contribution < 1.29 is 26.4 Å². The highest BCUT2D eigenvalue weighted by Crippen LogP contribution is 2.29. The van der Waals surface area contributed by atoms with E-state index in [1.807, 2.05) is 6.92 Å². The minimum Gasteiger partial charge on any atom is -0.356 e. The third kappa shape index (κ3) is 5.86. The van der Waals surface area contributed by atoms with Gasteiger partial charge in [-0.05, 0) is 56.0 Å². The lowest BCUT2D eigenvalue weighted by Gasteiger charge is -2.30. The quantitative estimate of drug-likeness (QED) is 0.723. The van der Waals surface area contributed by atoms with E-state index in [1.54, 1.807) is 24.3 Å². The van der Waals surface area contributed by atoms with Crippen molar-refractivity contribution in [2.24, 2.45) is 5.92 Å². The number of halogens is 3. The van der Waals surface area contributed by atoms with Gasteiger partial charge in [0.05, 0.1) is 10.5 Å². The first-order valence-electron chi connectivity index (χ1n) is 10.1. The summed E-state index contributed by atoms with van der Waals surface area (Å²) >= 11 is 0. The van der Waals surface area contributed by atoms with Gasteiger partial charge in [-0.15, -0.1) is 0 Å². The molecule has 5 nitrogen and oxygen atoms in total. The summed E-state index contributed by atoms with van der Waals surface area (Å²) in [6.07, 6.45) is -3.09.